The lowest BCUT2D eigenvalue weighted by Crippen LogP contribution is -2.33. The van der Waals surface area contributed by atoms with E-state index in [4.69, 9.17) is 11.6 Å². The topological polar surface area (TPSA) is 55.2 Å². The molecular weight excluding hydrogens is 254 g/mol. The van der Waals surface area contributed by atoms with Crippen molar-refractivity contribution in [2.45, 2.75) is 32.7 Å². The first-order valence-corrected chi connectivity index (χ1v) is 6.47. The molecule has 1 aliphatic heterocycles. The Morgan fingerprint density at radius 2 is 2.06 bits per heavy atom. The Bertz CT molecular complexity index is 507. The van der Waals surface area contributed by atoms with E-state index in [1.807, 2.05) is 0 Å². The Balaban J connectivity index is 2.30. The van der Waals surface area contributed by atoms with Gasteiger partial charge >= 0.3 is 0 Å². The van der Waals surface area contributed by atoms with Gasteiger partial charge in [0.15, 0.2) is 5.78 Å². The predicted octanol–water partition coefficient (Wildman–Crippen LogP) is 1.48. The van der Waals surface area contributed by atoms with Crippen LogP contribution in [0, 0.1) is 0 Å². The van der Waals surface area contributed by atoms with Gasteiger partial charge in [-0.05, 0) is 26.2 Å². The molecule has 1 fully saturated rings. The monoisotopic (exact) mass is 269 g/mol. The van der Waals surface area contributed by atoms with Crippen LogP contribution in [0.4, 0.5) is 5.69 Å². The van der Waals surface area contributed by atoms with Crippen molar-refractivity contribution < 1.29 is 4.79 Å². The Labute approximate surface area is 110 Å². The van der Waals surface area contributed by atoms with Gasteiger partial charge < -0.3 is 4.90 Å². The molecule has 0 radical (unpaired) electrons. The zero-order valence-electron chi connectivity index (χ0n) is 10.4. The van der Waals surface area contributed by atoms with E-state index >= 15 is 0 Å². The van der Waals surface area contributed by atoms with E-state index in [-0.39, 0.29) is 17.4 Å². The van der Waals surface area contributed by atoms with Crippen molar-refractivity contribution >= 4 is 23.1 Å². The Kier molecular flexibility index (Phi) is 4.01. The number of carbonyl (C=O) groups is 1. The molecule has 6 heteroatoms. The van der Waals surface area contributed by atoms with Crippen molar-refractivity contribution in [3.05, 3.63) is 21.6 Å². The molecule has 18 heavy (non-hydrogen) atoms. The normalized spacial score (nSPS) is 15.8. The van der Waals surface area contributed by atoms with Gasteiger partial charge in [-0.15, -0.1) is 0 Å². The molecule has 1 aromatic rings. The number of halogens is 1. The molecule has 2 rings (SSSR count). The highest BCUT2D eigenvalue weighted by atomic mass is 35.5. The molecule has 0 atom stereocenters. The van der Waals surface area contributed by atoms with Crippen molar-refractivity contribution in [2.75, 3.05) is 18.0 Å². The van der Waals surface area contributed by atoms with E-state index in [0.29, 0.717) is 5.69 Å². The fraction of sp³-hybridized carbons (Fsp3) is 0.583. The predicted molar refractivity (Wildman–Crippen MR) is 70.3 cm³/mol. The second-order valence-corrected chi connectivity index (χ2v) is 4.93. The van der Waals surface area contributed by atoms with Crippen molar-refractivity contribution in [1.82, 2.24) is 9.78 Å². The van der Waals surface area contributed by atoms with Crippen LogP contribution in [-0.4, -0.2) is 28.7 Å². The summed E-state index contributed by atoms with van der Waals surface area (Å²) in [5.41, 5.74) is 0.288. The minimum atomic E-state index is -0.394. The third kappa shape index (κ3) is 2.72. The summed E-state index contributed by atoms with van der Waals surface area (Å²) in [6.07, 6.45) is 5.00. The number of Topliss-reactive ketones (excluding diaryl/α,β-unsaturated/α-hetero) is 1. The number of piperidine rings is 1. The lowest BCUT2D eigenvalue weighted by molar-refractivity contribution is -0.117. The van der Waals surface area contributed by atoms with Gasteiger partial charge in [-0.1, -0.05) is 11.6 Å². The molecule has 0 saturated carbocycles. The molecular formula is C12H16ClN3O2. The summed E-state index contributed by atoms with van der Waals surface area (Å²) >= 11 is 6.09. The molecule has 0 amide bonds. The van der Waals surface area contributed by atoms with E-state index in [0.717, 1.165) is 30.6 Å². The maximum atomic E-state index is 12.0. The largest absolute Gasteiger partial charge is 0.369 e. The van der Waals surface area contributed by atoms with Gasteiger partial charge in [0.05, 0.1) is 11.9 Å². The van der Waals surface area contributed by atoms with E-state index in [1.54, 1.807) is 6.20 Å². The van der Waals surface area contributed by atoms with Crippen LogP contribution in [0.2, 0.25) is 5.02 Å². The number of carbonyl (C=O) groups excluding carboxylic acids is 1. The standard InChI is InChI=1S/C12H16ClN3O2/c1-9(17)8-16-12(18)11(13)10(7-14-16)15-5-3-2-4-6-15/h7H,2-6,8H2,1H3. The maximum absolute atomic E-state index is 12.0. The van der Waals surface area contributed by atoms with Crippen molar-refractivity contribution in [2.24, 2.45) is 0 Å². The van der Waals surface area contributed by atoms with Gasteiger partial charge in [-0.25, -0.2) is 4.68 Å². The molecule has 1 saturated heterocycles. The van der Waals surface area contributed by atoms with Crippen LogP contribution in [0.3, 0.4) is 0 Å². The first-order valence-electron chi connectivity index (χ1n) is 6.09. The summed E-state index contributed by atoms with van der Waals surface area (Å²) in [5.74, 6) is -0.119. The van der Waals surface area contributed by atoms with Gasteiger partial charge in [0, 0.05) is 13.1 Å². The maximum Gasteiger partial charge on any atom is 0.288 e. The quantitative estimate of drug-likeness (QED) is 0.834. The van der Waals surface area contributed by atoms with Crippen LogP contribution in [-0.2, 0) is 11.3 Å². The Morgan fingerprint density at radius 3 is 2.67 bits per heavy atom. The van der Waals surface area contributed by atoms with Crippen LogP contribution < -0.4 is 10.5 Å². The minimum absolute atomic E-state index is 0.0289. The van der Waals surface area contributed by atoms with Crippen LogP contribution >= 0.6 is 11.6 Å². The molecule has 0 unspecified atom stereocenters. The summed E-state index contributed by atoms with van der Waals surface area (Å²) in [6.45, 7) is 3.19. The second-order valence-electron chi connectivity index (χ2n) is 4.56. The van der Waals surface area contributed by atoms with Crippen molar-refractivity contribution in [3.8, 4) is 0 Å². The van der Waals surface area contributed by atoms with Gasteiger partial charge in [-0.3, -0.25) is 9.59 Å². The zero-order chi connectivity index (χ0) is 13.1. The second kappa shape index (κ2) is 5.52. The first-order chi connectivity index (χ1) is 8.59. The van der Waals surface area contributed by atoms with Gasteiger partial charge in [0.1, 0.15) is 11.6 Å². The average Bonchev–Trinajstić information content (AvgIpc) is 2.36. The highest BCUT2D eigenvalue weighted by molar-refractivity contribution is 6.33. The molecule has 1 aliphatic rings. The first kappa shape index (κ1) is 13.1. The van der Waals surface area contributed by atoms with Crippen LogP contribution in [0.5, 0.6) is 0 Å². The third-order valence-corrected chi connectivity index (χ3v) is 3.39. The van der Waals surface area contributed by atoms with Crippen molar-refractivity contribution in [3.63, 3.8) is 0 Å². The summed E-state index contributed by atoms with van der Waals surface area (Å²) in [6, 6.07) is 0. The van der Waals surface area contributed by atoms with Gasteiger partial charge in [0.25, 0.3) is 5.56 Å². The smallest absolute Gasteiger partial charge is 0.288 e. The van der Waals surface area contributed by atoms with E-state index in [9.17, 15) is 9.59 Å². The van der Waals surface area contributed by atoms with Crippen LogP contribution in [0.1, 0.15) is 26.2 Å². The molecule has 0 aliphatic carbocycles. The molecule has 1 aromatic heterocycles. The molecule has 0 aromatic carbocycles. The Morgan fingerprint density at radius 1 is 1.39 bits per heavy atom. The fourth-order valence-electron chi connectivity index (χ4n) is 2.14. The van der Waals surface area contributed by atoms with E-state index in [1.165, 1.54) is 13.3 Å². The number of hydrogen-bond donors (Lipinski definition) is 0. The SMILES string of the molecule is CC(=O)Cn1ncc(N2CCCCC2)c(Cl)c1=O. The zero-order valence-corrected chi connectivity index (χ0v) is 11.1. The average molecular weight is 270 g/mol. The van der Waals surface area contributed by atoms with Crippen LogP contribution in [0.15, 0.2) is 11.0 Å². The number of rotatable bonds is 3. The van der Waals surface area contributed by atoms with E-state index < -0.39 is 5.56 Å². The number of aromatic nitrogens is 2. The molecule has 0 spiro atoms. The lowest BCUT2D eigenvalue weighted by Gasteiger charge is -2.29. The van der Waals surface area contributed by atoms with Gasteiger partial charge in [-0.2, -0.15) is 5.10 Å². The number of nitrogens with zero attached hydrogens (tertiary/aromatic N) is 3. The molecule has 2 heterocycles. The molecule has 0 N–H and O–H groups in total. The molecule has 0 bridgehead atoms. The highest BCUT2D eigenvalue weighted by Crippen LogP contribution is 2.24. The fourth-order valence-corrected chi connectivity index (χ4v) is 2.40. The summed E-state index contributed by atoms with van der Waals surface area (Å²) in [7, 11) is 0. The summed E-state index contributed by atoms with van der Waals surface area (Å²) < 4.78 is 1.11. The summed E-state index contributed by atoms with van der Waals surface area (Å²) in [5, 5.41) is 4.17. The van der Waals surface area contributed by atoms with Gasteiger partial charge in [0.2, 0.25) is 0 Å². The number of anilines is 1. The number of ketones is 1. The summed E-state index contributed by atoms with van der Waals surface area (Å²) in [4.78, 5) is 25.0. The highest BCUT2D eigenvalue weighted by Gasteiger charge is 2.17. The Hall–Kier alpha value is -1.36. The minimum Gasteiger partial charge on any atom is -0.369 e. The van der Waals surface area contributed by atoms with Crippen LogP contribution in [0.25, 0.3) is 0 Å². The third-order valence-electron chi connectivity index (χ3n) is 3.04. The molecule has 5 nitrogen and oxygen atoms in total. The van der Waals surface area contributed by atoms with E-state index in [2.05, 4.69) is 10.00 Å². The lowest BCUT2D eigenvalue weighted by atomic mass is 10.1. The number of hydrogen-bond acceptors (Lipinski definition) is 4. The molecule has 98 valence electrons. The van der Waals surface area contributed by atoms with Crippen molar-refractivity contribution in [1.29, 1.82) is 0 Å².